The predicted molar refractivity (Wildman–Crippen MR) is 84.1 cm³/mol. The first kappa shape index (κ1) is 14.3. The molecule has 3 nitrogen and oxygen atoms in total. The number of nitrogens with two attached hydrogens (primary N) is 1. The van der Waals surface area contributed by atoms with Gasteiger partial charge in [0, 0.05) is 17.9 Å². The molecule has 0 aromatic carbocycles. The first-order chi connectivity index (χ1) is 9.37. The zero-order valence-corrected chi connectivity index (χ0v) is 13.3. The number of carbonyl (C=O) groups excluding carboxylic acids is 1. The maximum atomic E-state index is 12.6. The zero-order chi connectivity index (χ0) is 14.5. The molecular weight excluding hydrogens is 268 g/mol. The lowest BCUT2D eigenvalue weighted by atomic mass is 9.51. The van der Waals surface area contributed by atoms with E-state index >= 15 is 0 Å². The Bertz CT molecular complexity index is 404. The molecule has 1 amide bonds. The summed E-state index contributed by atoms with van der Waals surface area (Å²) in [4.78, 5) is 13.1. The third kappa shape index (κ3) is 2.47. The number of amides is 1. The van der Waals surface area contributed by atoms with E-state index in [4.69, 9.17) is 18.0 Å². The summed E-state index contributed by atoms with van der Waals surface area (Å²) in [6.45, 7) is 4.54. The summed E-state index contributed by atoms with van der Waals surface area (Å²) >= 11 is 5.07. The molecule has 112 valence electrons. The van der Waals surface area contributed by atoms with E-state index in [0.717, 1.165) is 11.8 Å². The van der Waals surface area contributed by atoms with Gasteiger partial charge >= 0.3 is 0 Å². The maximum absolute atomic E-state index is 12.6. The van der Waals surface area contributed by atoms with E-state index in [1.54, 1.807) is 0 Å². The van der Waals surface area contributed by atoms with Gasteiger partial charge in [-0.3, -0.25) is 4.79 Å². The smallest absolute Gasteiger partial charge is 0.223 e. The second-order valence-electron chi connectivity index (χ2n) is 7.92. The second kappa shape index (κ2) is 4.97. The number of hydrogen-bond acceptors (Lipinski definition) is 2. The van der Waals surface area contributed by atoms with Crippen LogP contribution in [0.3, 0.4) is 0 Å². The Morgan fingerprint density at radius 3 is 2.10 bits per heavy atom. The lowest BCUT2D eigenvalue weighted by Gasteiger charge is -2.53. The summed E-state index contributed by atoms with van der Waals surface area (Å²) < 4.78 is 0. The molecule has 4 heteroatoms. The SMILES string of the molecule is CC(C)(CNC(=O)C1C2CC3CC(C2)CC1C3)C(N)=S. The molecule has 0 radical (unpaired) electrons. The first-order valence-corrected chi connectivity index (χ1v) is 8.35. The van der Waals surface area contributed by atoms with Crippen molar-refractivity contribution in [3.63, 3.8) is 0 Å². The average Bonchev–Trinajstić information content (AvgIpc) is 2.35. The van der Waals surface area contributed by atoms with Gasteiger partial charge in [0.1, 0.15) is 0 Å². The summed E-state index contributed by atoms with van der Waals surface area (Å²) in [5, 5.41) is 3.13. The van der Waals surface area contributed by atoms with Crippen molar-refractivity contribution < 1.29 is 4.79 Å². The number of hydrogen-bond donors (Lipinski definition) is 2. The Morgan fingerprint density at radius 2 is 1.65 bits per heavy atom. The van der Waals surface area contributed by atoms with E-state index < -0.39 is 0 Å². The monoisotopic (exact) mass is 294 g/mol. The molecule has 0 aliphatic heterocycles. The minimum Gasteiger partial charge on any atom is -0.393 e. The molecule has 3 N–H and O–H groups in total. The standard InChI is InChI=1S/C16H26N2OS/c1-16(2,15(17)20)8-18-14(19)13-11-4-9-3-10(6-11)7-12(13)5-9/h9-13H,3-8H2,1-2H3,(H2,17,20)(H,18,19). The largest absolute Gasteiger partial charge is 0.393 e. The van der Waals surface area contributed by atoms with Crippen molar-refractivity contribution in [2.45, 2.75) is 46.0 Å². The van der Waals surface area contributed by atoms with Gasteiger partial charge in [0.2, 0.25) is 5.91 Å². The summed E-state index contributed by atoms with van der Waals surface area (Å²) in [5.74, 6) is 3.61. The maximum Gasteiger partial charge on any atom is 0.223 e. The molecule has 0 aromatic heterocycles. The molecule has 20 heavy (non-hydrogen) atoms. The Labute approximate surface area is 127 Å². The van der Waals surface area contributed by atoms with Gasteiger partial charge in [0.05, 0.1) is 4.99 Å². The molecule has 0 unspecified atom stereocenters. The summed E-state index contributed by atoms with van der Waals surface area (Å²) in [6, 6.07) is 0. The van der Waals surface area contributed by atoms with Crippen LogP contribution in [0.1, 0.15) is 46.0 Å². The van der Waals surface area contributed by atoms with Crippen molar-refractivity contribution in [1.82, 2.24) is 5.32 Å². The summed E-state index contributed by atoms with van der Waals surface area (Å²) in [6.07, 6.45) is 6.55. The minimum atomic E-state index is -0.295. The molecule has 4 rings (SSSR count). The first-order valence-electron chi connectivity index (χ1n) is 7.94. The summed E-state index contributed by atoms with van der Waals surface area (Å²) in [7, 11) is 0. The Hall–Kier alpha value is -0.640. The quantitative estimate of drug-likeness (QED) is 0.783. The van der Waals surface area contributed by atoms with Gasteiger partial charge in [0.15, 0.2) is 0 Å². The van der Waals surface area contributed by atoms with E-state index in [-0.39, 0.29) is 17.2 Å². The lowest BCUT2D eigenvalue weighted by Crippen LogP contribution is -2.52. The predicted octanol–water partition coefficient (Wildman–Crippen LogP) is 2.49. The Balaban J connectivity index is 1.62. The van der Waals surface area contributed by atoms with Crippen LogP contribution in [-0.4, -0.2) is 17.4 Å². The highest BCUT2D eigenvalue weighted by Crippen LogP contribution is 2.56. The zero-order valence-electron chi connectivity index (χ0n) is 12.5. The van der Waals surface area contributed by atoms with Crippen molar-refractivity contribution in [3.8, 4) is 0 Å². The van der Waals surface area contributed by atoms with Crippen LogP contribution in [0.5, 0.6) is 0 Å². The summed E-state index contributed by atoms with van der Waals surface area (Å²) in [5.41, 5.74) is 5.44. The van der Waals surface area contributed by atoms with Crippen LogP contribution < -0.4 is 11.1 Å². The molecule has 4 saturated carbocycles. The van der Waals surface area contributed by atoms with Gasteiger partial charge in [-0.1, -0.05) is 26.1 Å². The van der Waals surface area contributed by atoms with Gasteiger partial charge in [-0.25, -0.2) is 0 Å². The average molecular weight is 294 g/mol. The fourth-order valence-corrected chi connectivity index (χ4v) is 4.94. The van der Waals surface area contributed by atoms with Gasteiger partial charge in [-0.2, -0.15) is 0 Å². The van der Waals surface area contributed by atoms with E-state index in [2.05, 4.69) is 5.32 Å². The fraction of sp³-hybridized carbons (Fsp3) is 0.875. The van der Waals surface area contributed by atoms with E-state index in [9.17, 15) is 4.79 Å². The van der Waals surface area contributed by atoms with Crippen molar-refractivity contribution in [2.24, 2.45) is 40.7 Å². The van der Waals surface area contributed by atoms with Crippen LogP contribution in [0.2, 0.25) is 0 Å². The van der Waals surface area contributed by atoms with E-state index in [1.807, 2.05) is 13.8 Å². The van der Waals surface area contributed by atoms with Crippen LogP contribution in [0.15, 0.2) is 0 Å². The molecule has 0 saturated heterocycles. The normalized spacial score (nSPS) is 38.8. The van der Waals surface area contributed by atoms with E-state index in [1.165, 1.54) is 32.1 Å². The van der Waals surface area contributed by atoms with Crippen LogP contribution in [-0.2, 0) is 4.79 Å². The molecule has 4 fully saturated rings. The molecule has 4 bridgehead atoms. The van der Waals surface area contributed by atoms with Gasteiger partial charge in [0.25, 0.3) is 0 Å². The van der Waals surface area contributed by atoms with Gasteiger partial charge in [-0.15, -0.1) is 0 Å². The Kier molecular flexibility index (Phi) is 3.56. The topological polar surface area (TPSA) is 55.1 Å². The van der Waals surface area contributed by atoms with Crippen LogP contribution in [0.25, 0.3) is 0 Å². The van der Waals surface area contributed by atoms with Crippen molar-refractivity contribution in [1.29, 1.82) is 0 Å². The minimum absolute atomic E-state index is 0.253. The highest BCUT2D eigenvalue weighted by molar-refractivity contribution is 7.80. The molecule has 0 aromatic rings. The highest BCUT2D eigenvalue weighted by atomic mass is 32.1. The number of thiocarbonyl (C=S) groups is 1. The van der Waals surface area contributed by atoms with Crippen LogP contribution in [0.4, 0.5) is 0 Å². The Morgan fingerprint density at radius 1 is 1.15 bits per heavy atom. The number of carbonyl (C=O) groups is 1. The molecule has 4 aliphatic carbocycles. The third-order valence-electron chi connectivity index (χ3n) is 5.90. The molecule has 0 heterocycles. The van der Waals surface area contributed by atoms with Gasteiger partial charge < -0.3 is 11.1 Å². The third-order valence-corrected chi connectivity index (χ3v) is 6.45. The van der Waals surface area contributed by atoms with Crippen molar-refractivity contribution in [2.75, 3.05) is 6.54 Å². The number of nitrogens with one attached hydrogen (secondary N) is 1. The van der Waals surface area contributed by atoms with E-state index in [0.29, 0.717) is 23.4 Å². The lowest BCUT2D eigenvalue weighted by molar-refractivity contribution is -0.138. The van der Waals surface area contributed by atoms with Gasteiger partial charge in [-0.05, 0) is 55.8 Å². The molecular formula is C16H26N2OS. The fourth-order valence-electron chi connectivity index (χ4n) is 4.87. The molecule has 0 atom stereocenters. The van der Waals surface area contributed by atoms with Crippen molar-refractivity contribution in [3.05, 3.63) is 0 Å². The van der Waals surface area contributed by atoms with Crippen LogP contribution >= 0.6 is 12.2 Å². The van der Waals surface area contributed by atoms with Crippen LogP contribution in [0, 0.1) is 35.0 Å². The molecule has 4 aliphatic rings. The highest BCUT2D eigenvalue weighted by Gasteiger charge is 2.50. The second-order valence-corrected chi connectivity index (χ2v) is 8.36. The van der Waals surface area contributed by atoms with Crippen molar-refractivity contribution >= 4 is 23.1 Å². The number of rotatable bonds is 4. The molecule has 0 spiro atoms.